The number of hydrogen-bond acceptors (Lipinski definition) is 6. The van der Waals surface area contributed by atoms with Crippen molar-refractivity contribution in [3.63, 3.8) is 0 Å². The third-order valence-electron chi connectivity index (χ3n) is 5.44. The summed E-state index contributed by atoms with van der Waals surface area (Å²) in [5, 5.41) is 2.65. The molecular formula is C23H28FN3O6S. The molecule has 0 fully saturated rings. The summed E-state index contributed by atoms with van der Waals surface area (Å²) >= 11 is 0. The highest BCUT2D eigenvalue weighted by atomic mass is 32.2. The minimum Gasteiger partial charge on any atom is -0.454 e. The van der Waals surface area contributed by atoms with E-state index in [2.05, 4.69) is 5.32 Å². The van der Waals surface area contributed by atoms with Gasteiger partial charge in [0.2, 0.25) is 28.6 Å². The Morgan fingerprint density at radius 2 is 1.82 bits per heavy atom. The minimum atomic E-state index is -3.88. The number of amides is 2. The van der Waals surface area contributed by atoms with Crippen molar-refractivity contribution in [1.82, 2.24) is 10.2 Å². The first-order valence-electron chi connectivity index (χ1n) is 10.9. The van der Waals surface area contributed by atoms with Gasteiger partial charge in [-0.3, -0.25) is 13.9 Å². The monoisotopic (exact) mass is 493 g/mol. The topological polar surface area (TPSA) is 105 Å². The highest BCUT2D eigenvalue weighted by Crippen LogP contribution is 2.36. The molecule has 2 aromatic carbocycles. The molecule has 0 spiro atoms. The number of hydrogen-bond donors (Lipinski definition) is 1. The predicted molar refractivity (Wildman–Crippen MR) is 124 cm³/mol. The molecule has 9 nitrogen and oxygen atoms in total. The number of anilines is 1. The molecule has 0 bridgehead atoms. The van der Waals surface area contributed by atoms with E-state index in [1.165, 1.54) is 49.1 Å². The van der Waals surface area contributed by atoms with E-state index >= 15 is 0 Å². The summed E-state index contributed by atoms with van der Waals surface area (Å²) in [6, 6.07) is 9.52. The largest absolute Gasteiger partial charge is 0.454 e. The average molecular weight is 494 g/mol. The van der Waals surface area contributed by atoms with Gasteiger partial charge in [-0.1, -0.05) is 18.2 Å². The number of carbonyl (C=O) groups is 2. The molecule has 1 aliphatic heterocycles. The predicted octanol–water partition coefficient (Wildman–Crippen LogP) is 2.26. The highest BCUT2D eigenvalue weighted by molar-refractivity contribution is 7.92. The van der Waals surface area contributed by atoms with Crippen LogP contribution in [0.4, 0.5) is 10.1 Å². The molecule has 1 unspecified atom stereocenters. The van der Waals surface area contributed by atoms with Gasteiger partial charge in [-0.2, -0.15) is 0 Å². The Balaban J connectivity index is 1.95. The Labute approximate surface area is 198 Å². The summed E-state index contributed by atoms with van der Waals surface area (Å²) in [6.45, 7) is 4.30. The van der Waals surface area contributed by atoms with Crippen LogP contribution in [-0.2, 0) is 26.2 Å². The van der Waals surface area contributed by atoms with E-state index in [-0.39, 0.29) is 30.3 Å². The van der Waals surface area contributed by atoms with Gasteiger partial charge in [0, 0.05) is 24.7 Å². The van der Waals surface area contributed by atoms with E-state index in [9.17, 15) is 22.4 Å². The Hall–Kier alpha value is -3.34. The summed E-state index contributed by atoms with van der Waals surface area (Å²) < 4.78 is 51.8. The van der Waals surface area contributed by atoms with Crippen LogP contribution in [-0.4, -0.2) is 56.8 Å². The smallest absolute Gasteiger partial charge is 0.244 e. The molecule has 1 aliphatic rings. The first kappa shape index (κ1) is 25.3. The summed E-state index contributed by atoms with van der Waals surface area (Å²) in [5.74, 6) is -1.04. The maximum atomic E-state index is 14.4. The Bertz CT molecular complexity index is 1160. The molecule has 11 heteroatoms. The van der Waals surface area contributed by atoms with Crippen LogP contribution in [0.25, 0.3) is 0 Å². The van der Waals surface area contributed by atoms with Crippen LogP contribution in [0.5, 0.6) is 11.5 Å². The number of carbonyl (C=O) groups excluding carboxylic acids is 2. The number of likely N-dealkylation sites (N-methyl/N-ethyl adjacent to an activating group) is 1. The molecule has 0 saturated heterocycles. The van der Waals surface area contributed by atoms with Crippen molar-refractivity contribution in [1.29, 1.82) is 0 Å². The number of benzene rings is 2. The lowest BCUT2D eigenvalue weighted by molar-refractivity contribution is -0.139. The number of nitrogens with one attached hydrogen (secondary N) is 1. The van der Waals surface area contributed by atoms with Crippen molar-refractivity contribution >= 4 is 27.5 Å². The molecular weight excluding hydrogens is 465 g/mol. The second-order valence-electron chi connectivity index (χ2n) is 7.63. The molecule has 0 aromatic heterocycles. The van der Waals surface area contributed by atoms with Crippen molar-refractivity contribution in [3.05, 3.63) is 53.8 Å². The highest BCUT2D eigenvalue weighted by Gasteiger charge is 2.32. The van der Waals surface area contributed by atoms with Gasteiger partial charge in [0.15, 0.2) is 11.5 Å². The fraction of sp³-hybridized carbons (Fsp3) is 0.391. The van der Waals surface area contributed by atoms with Crippen molar-refractivity contribution < 1.29 is 31.9 Å². The van der Waals surface area contributed by atoms with Gasteiger partial charge >= 0.3 is 0 Å². The number of nitrogens with zero attached hydrogens (tertiary/aromatic N) is 2. The summed E-state index contributed by atoms with van der Waals surface area (Å²) in [6.07, 6.45) is 0. The molecule has 0 aliphatic carbocycles. The zero-order valence-electron chi connectivity index (χ0n) is 19.3. The number of halogens is 1. The van der Waals surface area contributed by atoms with E-state index in [1.807, 2.05) is 0 Å². The van der Waals surface area contributed by atoms with Gasteiger partial charge in [-0.15, -0.1) is 0 Å². The third-order valence-corrected chi connectivity index (χ3v) is 7.18. The van der Waals surface area contributed by atoms with Crippen LogP contribution in [0, 0.1) is 5.82 Å². The maximum Gasteiger partial charge on any atom is 0.244 e. The van der Waals surface area contributed by atoms with Crippen molar-refractivity contribution in [2.45, 2.75) is 33.4 Å². The molecule has 184 valence electrons. The van der Waals surface area contributed by atoms with Crippen LogP contribution in [0.2, 0.25) is 0 Å². The van der Waals surface area contributed by atoms with Crippen molar-refractivity contribution in [2.24, 2.45) is 0 Å². The number of rotatable bonds is 10. The number of sulfonamides is 1. The first-order chi connectivity index (χ1) is 16.2. The molecule has 0 radical (unpaired) electrons. The lowest BCUT2D eigenvalue weighted by Crippen LogP contribution is -2.51. The SMILES string of the molecule is CCNC(=O)C(C)N(Cc1ccccc1F)C(=O)CN(c1ccc2c(c1)OCO2)S(=O)(=O)CC. The molecule has 1 heterocycles. The van der Waals surface area contributed by atoms with Gasteiger partial charge in [0.1, 0.15) is 18.4 Å². The van der Waals surface area contributed by atoms with Gasteiger partial charge in [0.05, 0.1) is 11.4 Å². The van der Waals surface area contributed by atoms with Gasteiger partial charge < -0.3 is 19.7 Å². The molecule has 2 aromatic rings. The van der Waals surface area contributed by atoms with E-state index in [0.717, 1.165) is 4.31 Å². The summed E-state index contributed by atoms with van der Waals surface area (Å²) in [5.41, 5.74) is 0.427. The normalized spacial score (nSPS) is 13.3. The zero-order chi connectivity index (χ0) is 24.9. The molecule has 2 amide bonds. The zero-order valence-corrected chi connectivity index (χ0v) is 20.1. The Morgan fingerprint density at radius 3 is 2.50 bits per heavy atom. The van der Waals surface area contributed by atoms with E-state index in [4.69, 9.17) is 9.47 Å². The van der Waals surface area contributed by atoms with Crippen molar-refractivity contribution in [2.75, 3.05) is 29.9 Å². The summed E-state index contributed by atoms with van der Waals surface area (Å²) in [7, 11) is -3.88. The van der Waals surface area contributed by atoms with Crippen LogP contribution >= 0.6 is 0 Å². The second kappa shape index (κ2) is 10.7. The fourth-order valence-corrected chi connectivity index (χ4v) is 4.53. The van der Waals surface area contributed by atoms with Crippen LogP contribution in [0.3, 0.4) is 0 Å². The molecule has 34 heavy (non-hydrogen) atoms. The minimum absolute atomic E-state index is 0.0126. The van der Waals surface area contributed by atoms with E-state index < -0.39 is 40.2 Å². The third kappa shape index (κ3) is 5.58. The fourth-order valence-electron chi connectivity index (χ4n) is 3.47. The van der Waals surface area contributed by atoms with Gasteiger partial charge in [-0.05, 0) is 39.0 Å². The van der Waals surface area contributed by atoms with Gasteiger partial charge in [0.25, 0.3) is 0 Å². The molecule has 1 N–H and O–H groups in total. The quantitative estimate of drug-likeness (QED) is 0.544. The molecule has 0 saturated carbocycles. The maximum absolute atomic E-state index is 14.4. The van der Waals surface area contributed by atoms with E-state index in [1.54, 1.807) is 19.1 Å². The van der Waals surface area contributed by atoms with Crippen LogP contribution in [0.15, 0.2) is 42.5 Å². The average Bonchev–Trinajstić information content (AvgIpc) is 3.29. The molecule has 3 rings (SSSR count). The number of ether oxygens (including phenoxy) is 2. The van der Waals surface area contributed by atoms with Gasteiger partial charge in [-0.25, -0.2) is 12.8 Å². The second-order valence-corrected chi connectivity index (χ2v) is 9.81. The Morgan fingerprint density at radius 1 is 1.12 bits per heavy atom. The summed E-state index contributed by atoms with van der Waals surface area (Å²) in [4.78, 5) is 27.2. The van der Waals surface area contributed by atoms with E-state index in [0.29, 0.717) is 18.0 Å². The van der Waals surface area contributed by atoms with Crippen molar-refractivity contribution in [3.8, 4) is 11.5 Å². The number of fused-ring (bicyclic) bond motifs is 1. The molecule has 1 atom stereocenters. The Kier molecular flexibility index (Phi) is 7.98. The van der Waals surface area contributed by atoms with Crippen LogP contribution < -0.4 is 19.1 Å². The first-order valence-corrected chi connectivity index (χ1v) is 12.5. The lowest BCUT2D eigenvalue weighted by Gasteiger charge is -2.31. The lowest BCUT2D eigenvalue weighted by atomic mass is 10.1. The van der Waals surface area contributed by atoms with Crippen LogP contribution in [0.1, 0.15) is 26.3 Å². The standard InChI is InChI=1S/C23H28FN3O6S/c1-4-25-23(29)16(3)26(13-17-8-6-7-9-19(17)24)22(28)14-27(34(30,31)5-2)18-10-11-20-21(12-18)33-15-32-20/h6-12,16H,4-5,13-15H2,1-3H3,(H,25,29).